The van der Waals surface area contributed by atoms with E-state index in [4.69, 9.17) is 9.47 Å². The van der Waals surface area contributed by atoms with Gasteiger partial charge in [-0.15, -0.1) is 0 Å². The molecule has 1 aromatic heterocycles. The number of aryl methyl sites for hydroxylation is 1. The van der Waals surface area contributed by atoms with E-state index in [1.165, 1.54) is 0 Å². The van der Waals surface area contributed by atoms with E-state index in [0.29, 0.717) is 49.9 Å². The number of carbonyl (C=O) groups is 1. The van der Waals surface area contributed by atoms with Crippen molar-refractivity contribution in [1.29, 1.82) is 0 Å². The smallest absolute Gasteiger partial charge is 0.255 e. The molecule has 2 N–H and O–H groups in total. The first-order valence-corrected chi connectivity index (χ1v) is 10.7. The molecule has 2 heterocycles. The lowest BCUT2D eigenvalue weighted by molar-refractivity contribution is -0.122. The number of methoxy groups -OCH3 is 1. The molecule has 3 rings (SSSR count). The predicted octanol–water partition coefficient (Wildman–Crippen LogP) is 2.37. The largest absolute Gasteiger partial charge is 0.497 e. The molecule has 2 aromatic rings. The highest BCUT2D eigenvalue weighted by molar-refractivity contribution is 5.76. The summed E-state index contributed by atoms with van der Waals surface area (Å²) >= 11 is 0. The zero-order valence-corrected chi connectivity index (χ0v) is 18.7. The number of aromatic amines is 1. The minimum Gasteiger partial charge on any atom is -0.497 e. The first kappa shape index (κ1) is 22.8. The first-order chi connectivity index (χ1) is 14.9. The lowest BCUT2D eigenvalue weighted by Gasteiger charge is -2.27. The van der Waals surface area contributed by atoms with Crippen LogP contribution in [-0.4, -0.2) is 49.3 Å². The average Bonchev–Trinajstić information content (AvgIpc) is 2.77. The summed E-state index contributed by atoms with van der Waals surface area (Å²) in [5.74, 6) is 1.47. The quantitative estimate of drug-likeness (QED) is 0.670. The third kappa shape index (κ3) is 5.85. The number of aromatic nitrogens is 2. The van der Waals surface area contributed by atoms with Crippen LogP contribution in [0.25, 0.3) is 0 Å². The van der Waals surface area contributed by atoms with Crippen LogP contribution in [0.3, 0.4) is 0 Å². The summed E-state index contributed by atoms with van der Waals surface area (Å²) in [6.45, 7) is 8.60. The molecule has 1 aliphatic heterocycles. The summed E-state index contributed by atoms with van der Waals surface area (Å²) in [6, 6.07) is 7.60. The number of hydrogen-bond donors (Lipinski definition) is 2. The molecule has 168 valence electrons. The van der Waals surface area contributed by atoms with E-state index in [2.05, 4.69) is 29.1 Å². The fraction of sp³-hybridized carbons (Fsp3) is 0.522. The van der Waals surface area contributed by atoms with Gasteiger partial charge in [0.1, 0.15) is 5.75 Å². The van der Waals surface area contributed by atoms with Gasteiger partial charge in [0, 0.05) is 30.8 Å². The second kappa shape index (κ2) is 10.4. The SMILES string of the molecule is COc1ccc(C(NC(=O)CCc2c(C)nc(N3CCOCC3)[nH]c2=O)C(C)C)cc1. The number of nitrogens with one attached hydrogen (secondary N) is 2. The van der Waals surface area contributed by atoms with E-state index in [1.54, 1.807) is 7.11 Å². The highest BCUT2D eigenvalue weighted by atomic mass is 16.5. The summed E-state index contributed by atoms with van der Waals surface area (Å²) in [5, 5.41) is 3.11. The Labute approximate surface area is 183 Å². The molecule has 0 bridgehead atoms. The van der Waals surface area contributed by atoms with Crippen molar-refractivity contribution >= 4 is 11.9 Å². The molecule has 0 radical (unpaired) electrons. The molecule has 8 heteroatoms. The minimum absolute atomic E-state index is 0.0921. The van der Waals surface area contributed by atoms with Crippen molar-refractivity contribution in [2.45, 2.75) is 39.7 Å². The molecule has 1 amide bonds. The Morgan fingerprint density at radius 2 is 1.94 bits per heavy atom. The van der Waals surface area contributed by atoms with Crippen LogP contribution in [0.1, 0.15) is 43.1 Å². The van der Waals surface area contributed by atoms with Crippen LogP contribution in [-0.2, 0) is 16.0 Å². The van der Waals surface area contributed by atoms with E-state index < -0.39 is 0 Å². The van der Waals surface area contributed by atoms with Crippen LogP contribution in [0.4, 0.5) is 5.95 Å². The van der Waals surface area contributed by atoms with Crippen LogP contribution in [0.5, 0.6) is 5.75 Å². The molecule has 0 aliphatic carbocycles. The molecule has 1 unspecified atom stereocenters. The summed E-state index contributed by atoms with van der Waals surface area (Å²) < 4.78 is 10.6. The number of ether oxygens (including phenoxy) is 2. The van der Waals surface area contributed by atoms with Crippen molar-refractivity contribution in [3.05, 3.63) is 51.4 Å². The third-order valence-corrected chi connectivity index (χ3v) is 5.58. The Bertz CT molecular complexity index is 934. The Kier molecular flexibility index (Phi) is 7.68. The molecular formula is C23H32N4O4. The van der Waals surface area contributed by atoms with Gasteiger partial charge in [0.15, 0.2) is 0 Å². The third-order valence-electron chi connectivity index (χ3n) is 5.58. The van der Waals surface area contributed by atoms with Crippen molar-refractivity contribution in [2.24, 2.45) is 5.92 Å². The molecule has 0 saturated carbocycles. The van der Waals surface area contributed by atoms with Crippen molar-refractivity contribution in [3.8, 4) is 5.75 Å². The van der Waals surface area contributed by atoms with E-state index >= 15 is 0 Å². The number of morpholine rings is 1. The van der Waals surface area contributed by atoms with Crippen molar-refractivity contribution in [1.82, 2.24) is 15.3 Å². The molecule has 1 fully saturated rings. The second-order valence-corrected chi connectivity index (χ2v) is 8.12. The fourth-order valence-electron chi connectivity index (χ4n) is 3.75. The normalized spacial score (nSPS) is 15.1. The number of amides is 1. The van der Waals surface area contributed by atoms with Gasteiger partial charge in [0.2, 0.25) is 11.9 Å². The van der Waals surface area contributed by atoms with Gasteiger partial charge < -0.3 is 19.7 Å². The van der Waals surface area contributed by atoms with Crippen molar-refractivity contribution < 1.29 is 14.3 Å². The fourth-order valence-corrected chi connectivity index (χ4v) is 3.75. The highest BCUT2D eigenvalue weighted by Gasteiger charge is 2.20. The molecule has 8 nitrogen and oxygen atoms in total. The van der Waals surface area contributed by atoms with Crippen LogP contribution in [0.15, 0.2) is 29.1 Å². The molecule has 1 aliphatic rings. The molecule has 1 atom stereocenters. The molecule has 0 spiro atoms. The van der Waals surface area contributed by atoms with Crippen LogP contribution in [0.2, 0.25) is 0 Å². The maximum atomic E-state index is 12.7. The Morgan fingerprint density at radius 1 is 1.26 bits per heavy atom. The maximum absolute atomic E-state index is 12.7. The summed E-state index contributed by atoms with van der Waals surface area (Å²) in [5.41, 5.74) is 2.05. The molecule has 1 saturated heterocycles. The average molecular weight is 429 g/mol. The van der Waals surface area contributed by atoms with Gasteiger partial charge in [-0.2, -0.15) is 0 Å². The van der Waals surface area contributed by atoms with E-state index in [1.807, 2.05) is 36.1 Å². The van der Waals surface area contributed by atoms with Crippen LogP contribution >= 0.6 is 0 Å². The van der Waals surface area contributed by atoms with E-state index in [9.17, 15) is 9.59 Å². The molecular weight excluding hydrogens is 396 g/mol. The minimum atomic E-state index is -0.183. The Hall–Kier alpha value is -2.87. The number of carbonyl (C=O) groups excluding carboxylic acids is 1. The summed E-state index contributed by atoms with van der Waals surface area (Å²) in [4.78, 5) is 34.7. The van der Waals surface area contributed by atoms with Gasteiger partial charge in [-0.25, -0.2) is 4.98 Å². The second-order valence-electron chi connectivity index (χ2n) is 8.12. The zero-order chi connectivity index (χ0) is 22.4. The van der Waals surface area contributed by atoms with Gasteiger partial charge >= 0.3 is 0 Å². The Morgan fingerprint density at radius 3 is 2.52 bits per heavy atom. The van der Waals surface area contributed by atoms with Crippen molar-refractivity contribution in [2.75, 3.05) is 38.3 Å². The maximum Gasteiger partial charge on any atom is 0.255 e. The van der Waals surface area contributed by atoms with Gasteiger partial charge in [-0.05, 0) is 37.0 Å². The Balaban J connectivity index is 1.64. The van der Waals surface area contributed by atoms with Gasteiger partial charge in [-0.3, -0.25) is 14.6 Å². The number of nitrogens with zero attached hydrogens (tertiary/aromatic N) is 2. The topological polar surface area (TPSA) is 96.5 Å². The highest BCUT2D eigenvalue weighted by Crippen LogP contribution is 2.24. The molecule has 31 heavy (non-hydrogen) atoms. The lowest BCUT2D eigenvalue weighted by Crippen LogP contribution is -2.38. The number of anilines is 1. The van der Waals surface area contributed by atoms with Gasteiger partial charge in [0.05, 0.1) is 26.4 Å². The van der Waals surface area contributed by atoms with Gasteiger partial charge in [-0.1, -0.05) is 26.0 Å². The number of H-pyrrole nitrogens is 1. The number of hydrogen-bond acceptors (Lipinski definition) is 6. The predicted molar refractivity (Wildman–Crippen MR) is 120 cm³/mol. The lowest BCUT2D eigenvalue weighted by atomic mass is 9.95. The standard InChI is InChI=1S/C23H32N4O4/c1-15(2)21(17-5-7-18(30-4)8-6-17)25-20(28)10-9-19-16(3)24-23(26-22(19)29)27-11-13-31-14-12-27/h5-8,15,21H,9-14H2,1-4H3,(H,25,28)(H,24,26,29). The van der Waals surface area contributed by atoms with E-state index in [0.717, 1.165) is 11.3 Å². The first-order valence-electron chi connectivity index (χ1n) is 10.7. The summed E-state index contributed by atoms with van der Waals surface area (Å²) in [6.07, 6.45) is 0.568. The zero-order valence-electron chi connectivity index (χ0n) is 18.7. The van der Waals surface area contributed by atoms with Gasteiger partial charge in [0.25, 0.3) is 5.56 Å². The van der Waals surface area contributed by atoms with Crippen LogP contribution < -0.4 is 20.5 Å². The van der Waals surface area contributed by atoms with E-state index in [-0.39, 0.29) is 29.8 Å². The number of benzene rings is 1. The molecule has 1 aromatic carbocycles. The van der Waals surface area contributed by atoms with Crippen molar-refractivity contribution in [3.63, 3.8) is 0 Å². The number of rotatable bonds is 8. The van der Waals surface area contributed by atoms with Crippen LogP contribution in [0, 0.1) is 12.8 Å². The summed E-state index contributed by atoms with van der Waals surface area (Å²) in [7, 11) is 1.63. The monoisotopic (exact) mass is 428 g/mol.